The predicted molar refractivity (Wildman–Crippen MR) is 92.5 cm³/mol. The van der Waals surface area contributed by atoms with E-state index in [1.165, 1.54) is 5.56 Å². The van der Waals surface area contributed by atoms with E-state index in [4.69, 9.17) is 0 Å². The van der Waals surface area contributed by atoms with Crippen LogP contribution in [0.2, 0.25) is 0 Å². The summed E-state index contributed by atoms with van der Waals surface area (Å²) in [6.07, 6.45) is 4.14. The summed E-state index contributed by atoms with van der Waals surface area (Å²) in [7, 11) is 0. The lowest BCUT2D eigenvalue weighted by Crippen LogP contribution is -2.46. The summed E-state index contributed by atoms with van der Waals surface area (Å²) in [5, 5.41) is 0. The van der Waals surface area contributed by atoms with Crippen molar-refractivity contribution in [2.24, 2.45) is 0 Å². The van der Waals surface area contributed by atoms with Crippen molar-refractivity contribution in [3.63, 3.8) is 0 Å². The minimum absolute atomic E-state index is 0.170. The summed E-state index contributed by atoms with van der Waals surface area (Å²) >= 11 is 0. The highest BCUT2D eigenvalue weighted by Gasteiger charge is 2.43. The van der Waals surface area contributed by atoms with Crippen LogP contribution in [-0.4, -0.2) is 22.9 Å². The van der Waals surface area contributed by atoms with Crippen molar-refractivity contribution in [3.05, 3.63) is 71.0 Å². The molecule has 2 atom stereocenters. The van der Waals surface area contributed by atoms with Gasteiger partial charge in [-0.2, -0.15) is 0 Å². The fourth-order valence-corrected chi connectivity index (χ4v) is 4.44. The molecular weight excluding hydrogens is 301 g/mol. The van der Waals surface area contributed by atoms with Gasteiger partial charge < -0.3 is 4.90 Å². The number of rotatable bonds is 2. The van der Waals surface area contributed by atoms with Gasteiger partial charge in [-0.1, -0.05) is 29.8 Å². The molecule has 0 radical (unpaired) electrons. The number of halogens is 1. The normalized spacial score (nSPS) is 25.8. The van der Waals surface area contributed by atoms with Crippen molar-refractivity contribution in [3.8, 4) is 0 Å². The van der Waals surface area contributed by atoms with E-state index >= 15 is 0 Å². The van der Waals surface area contributed by atoms with Gasteiger partial charge in [0.05, 0.1) is 0 Å². The maximum absolute atomic E-state index is 13.2. The largest absolute Gasteiger partial charge is 0.333 e. The van der Waals surface area contributed by atoms with Crippen LogP contribution in [0.25, 0.3) is 0 Å². The third-order valence-electron chi connectivity index (χ3n) is 5.57. The molecule has 0 spiro atoms. The monoisotopic (exact) mass is 323 g/mol. The molecule has 2 aromatic carbocycles. The molecule has 4 rings (SSSR count). The number of carbonyl (C=O) groups is 1. The van der Waals surface area contributed by atoms with Crippen molar-refractivity contribution >= 4 is 5.91 Å². The van der Waals surface area contributed by atoms with Gasteiger partial charge in [-0.15, -0.1) is 0 Å². The van der Waals surface area contributed by atoms with E-state index in [0.29, 0.717) is 18.0 Å². The quantitative estimate of drug-likeness (QED) is 0.785. The van der Waals surface area contributed by atoms with Gasteiger partial charge in [-0.25, -0.2) is 4.39 Å². The molecule has 0 saturated carbocycles. The summed E-state index contributed by atoms with van der Waals surface area (Å²) in [6.45, 7) is 2.02. The third kappa shape index (κ3) is 2.72. The third-order valence-corrected chi connectivity index (χ3v) is 5.57. The van der Waals surface area contributed by atoms with Gasteiger partial charge >= 0.3 is 0 Å². The van der Waals surface area contributed by atoms with Crippen LogP contribution < -0.4 is 0 Å². The zero-order chi connectivity index (χ0) is 16.7. The molecule has 2 fully saturated rings. The van der Waals surface area contributed by atoms with E-state index in [0.717, 1.165) is 36.8 Å². The molecule has 2 aliphatic heterocycles. The minimum Gasteiger partial charge on any atom is -0.333 e. The Labute approximate surface area is 142 Å². The molecule has 0 aliphatic carbocycles. The highest BCUT2D eigenvalue weighted by molar-refractivity contribution is 5.95. The number of carbonyl (C=O) groups excluding carboxylic acids is 1. The van der Waals surface area contributed by atoms with Crippen molar-refractivity contribution in [1.29, 1.82) is 0 Å². The van der Waals surface area contributed by atoms with Crippen LogP contribution in [0.1, 0.15) is 53.1 Å². The van der Waals surface area contributed by atoms with E-state index in [2.05, 4.69) is 4.90 Å². The molecule has 2 aromatic rings. The smallest absolute Gasteiger partial charge is 0.254 e. The Morgan fingerprint density at radius 1 is 1.04 bits per heavy atom. The zero-order valence-electron chi connectivity index (χ0n) is 13.9. The fourth-order valence-electron chi connectivity index (χ4n) is 4.44. The second-order valence-electron chi connectivity index (χ2n) is 7.19. The van der Waals surface area contributed by atoms with Crippen LogP contribution in [0.3, 0.4) is 0 Å². The lowest BCUT2D eigenvalue weighted by atomic mass is 9.84. The second kappa shape index (κ2) is 6.04. The Bertz CT molecular complexity index is 741. The molecule has 0 N–H and O–H groups in total. The number of hydrogen-bond acceptors (Lipinski definition) is 1. The first-order valence-corrected chi connectivity index (χ1v) is 8.76. The summed E-state index contributed by atoms with van der Waals surface area (Å²) in [6, 6.07) is 15.4. The molecule has 2 nitrogen and oxygen atoms in total. The number of benzene rings is 2. The van der Waals surface area contributed by atoms with Crippen LogP contribution in [-0.2, 0) is 0 Å². The lowest BCUT2D eigenvalue weighted by Gasteiger charge is -2.39. The van der Waals surface area contributed by atoms with E-state index < -0.39 is 0 Å². The molecule has 2 saturated heterocycles. The van der Waals surface area contributed by atoms with Crippen molar-refractivity contribution in [2.45, 2.75) is 50.6 Å². The maximum Gasteiger partial charge on any atom is 0.254 e. The van der Waals surface area contributed by atoms with Crippen LogP contribution in [0.15, 0.2) is 48.5 Å². The summed E-state index contributed by atoms with van der Waals surface area (Å²) < 4.78 is 13.2. The Morgan fingerprint density at radius 3 is 2.33 bits per heavy atom. The molecule has 2 aliphatic rings. The minimum atomic E-state index is -0.186. The molecule has 24 heavy (non-hydrogen) atoms. The van der Waals surface area contributed by atoms with Gasteiger partial charge in [0, 0.05) is 17.6 Å². The first-order valence-electron chi connectivity index (χ1n) is 8.76. The van der Waals surface area contributed by atoms with E-state index in [-0.39, 0.29) is 11.7 Å². The summed E-state index contributed by atoms with van der Waals surface area (Å²) in [5.41, 5.74) is 3.12. The molecule has 124 valence electrons. The molecule has 2 bridgehead atoms. The van der Waals surface area contributed by atoms with Gasteiger partial charge in [-0.05, 0) is 68.4 Å². The van der Waals surface area contributed by atoms with Crippen molar-refractivity contribution < 1.29 is 9.18 Å². The molecule has 3 heteroatoms. The number of fused-ring (bicyclic) bond motifs is 2. The Balaban J connectivity index is 1.55. The first kappa shape index (κ1) is 15.4. The second-order valence-corrected chi connectivity index (χ2v) is 7.19. The number of amides is 1. The standard InChI is InChI=1S/C21H22FNO/c1-14-3-2-4-16(11-14)21(24)23-19-9-10-20(23)13-17(12-19)15-5-7-18(22)8-6-15/h2-8,11,17,19-20H,9-10,12-13H2,1H3. The van der Waals surface area contributed by atoms with E-state index in [9.17, 15) is 9.18 Å². The fraction of sp³-hybridized carbons (Fsp3) is 0.381. The Morgan fingerprint density at radius 2 is 1.71 bits per heavy atom. The first-order chi connectivity index (χ1) is 11.6. The van der Waals surface area contributed by atoms with Crippen LogP contribution >= 0.6 is 0 Å². The molecule has 0 aromatic heterocycles. The molecule has 1 amide bonds. The SMILES string of the molecule is Cc1cccc(C(=O)N2C3CCC2CC(c2ccc(F)cc2)C3)c1. The number of piperidine rings is 1. The van der Waals surface area contributed by atoms with Crippen LogP contribution in [0.4, 0.5) is 4.39 Å². The van der Waals surface area contributed by atoms with Gasteiger partial charge in [0.25, 0.3) is 5.91 Å². The Kier molecular flexibility index (Phi) is 3.87. The number of hydrogen-bond donors (Lipinski definition) is 0. The van der Waals surface area contributed by atoms with Gasteiger partial charge in [0.2, 0.25) is 0 Å². The Hall–Kier alpha value is -2.16. The van der Waals surface area contributed by atoms with E-state index in [1.54, 1.807) is 12.1 Å². The molecule has 2 unspecified atom stereocenters. The average molecular weight is 323 g/mol. The van der Waals surface area contributed by atoms with Crippen molar-refractivity contribution in [2.75, 3.05) is 0 Å². The average Bonchev–Trinajstić information content (AvgIpc) is 2.84. The highest BCUT2D eigenvalue weighted by atomic mass is 19.1. The number of aryl methyl sites for hydroxylation is 1. The van der Waals surface area contributed by atoms with E-state index in [1.807, 2.05) is 43.3 Å². The summed E-state index contributed by atoms with van der Waals surface area (Å²) in [5.74, 6) is 0.419. The molecule has 2 heterocycles. The van der Waals surface area contributed by atoms with Gasteiger partial charge in [0.15, 0.2) is 0 Å². The highest BCUT2D eigenvalue weighted by Crippen LogP contribution is 2.43. The topological polar surface area (TPSA) is 20.3 Å². The van der Waals surface area contributed by atoms with Crippen LogP contribution in [0.5, 0.6) is 0 Å². The maximum atomic E-state index is 13.2. The van der Waals surface area contributed by atoms with Gasteiger partial charge in [-0.3, -0.25) is 4.79 Å². The lowest BCUT2D eigenvalue weighted by molar-refractivity contribution is 0.0571. The number of nitrogens with zero attached hydrogens (tertiary/aromatic N) is 1. The zero-order valence-corrected chi connectivity index (χ0v) is 13.9. The predicted octanol–water partition coefficient (Wildman–Crippen LogP) is 4.68. The van der Waals surface area contributed by atoms with Crippen molar-refractivity contribution in [1.82, 2.24) is 4.90 Å². The van der Waals surface area contributed by atoms with Crippen LogP contribution in [0, 0.1) is 12.7 Å². The van der Waals surface area contributed by atoms with Gasteiger partial charge in [0.1, 0.15) is 5.82 Å². The summed E-state index contributed by atoms with van der Waals surface area (Å²) in [4.78, 5) is 15.1. The molecular formula is C21H22FNO.